The van der Waals surface area contributed by atoms with Crippen molar-refractivity contribution in [3.63, 3.8) is 0 Å². The van der Waals surface area contributed by atoms with Crippen LogP contribution >= 0.6 is 56.7 Å². The number of nitrogens with zero attached hydrogens (tertiary/aromatic N) is 8. The molecule has 0 saturated carbocycles. The fraction of sp³-hybridized carbons (Fsp3) is 0.280. The molecular formula is C50H32F4N8S5. The van der Waals surface area contributed by atoms with E-state index in [1.54, 1.807) is 48.6 Å². The lowest BCUT2D eigenvalue weighted by Gasteiger charge is -2.14. The Hall–Kier alpha value is -6.90. The number of hydrogen-bond donors (Lipinski definition) is 0. The van der Waals surface area contributed by atoms with Crippen molar-refractivity contribution in [2.24, 2.45) is 0 Å². The number of thiophene rings is 5. The highest BCUT2D eigenvalue weighted by atomic mass is 32.1. The van der Waals surface area contributed by atoms with E-state index in [0.29, 0.717) is 22.6 Å². The first kappa shape index (κ1) is 48.0. The summed E-state index contributed by atoms with van der Waals surface area (Å²) in [7, 11) is 0. The summed E-state index contributed by atoms with van der Waals surface area (Å²) in [5.41, 5.74) is -4.60. The van der Waals surface area contributed by atoms with Gasteiger partial charge in [0.25, 0.3) is 0 Å². The van der Waals surface area contributed by atoms with Crippen molar-refractivity contribution in [3.8, 4) is 87.6 Å². The molecule has 5 heterocycles. The third-order valence-electron chi connectivity index (χ3n) is 11.4. The molecule has 0 aliphatic heterocycles. The Kier molecular flexibility index (Phi) is 14.3. The predicted octanol–water partition coefficient (Wildman–Crippen LogP) is 15.4. The van der Waals surface area contributed by atoms with Crippen molar-refractivity contribution in [2.75, 3.05) is 0 Å². The van der Waals surface area contributed by atoms with Gasteiger partial charge in [0.05, 0.1) is 22.3 Å². The Bertz CT molecular complexity index is 2920. The standard InChI is InChI=1S/C50H32F4N8S5/c1-3-5-7-9-11-27-15-37(64-45(27)39-17-33-41(29(19-55)20-56)49(51,52)43(47(33)66-39)31(23-59)24-60)35-13-14-36(63-35)38-16-28(12-10-8-6-4-2)46(65-38)40-18-34-42(30(21-57)22-58)50(53,54)44(48(34)67-40)32(25-61)26-62/h13-18H,3-12H2,1-2H3. The molecule has 2 aliphatic carbocycles. The quantitative estimate of drug-likeness (QED) is 0.0596. The van der Waals surface area contributed by atoms with E-state index in [2.05, 4.69) is 26.0 Å². The Morgan fingerprint density at radius 3 is 1.06 bits per heavy atom. The first-order chi connectivity index (χ1) is 32.3. The molecule has 0 fully saturated rings. The van der Waals surface area contributed by atoms with Gasteiger partial charge in [-0.25, -0.2) is 0 Å². The maximum atomic E-state index is 16.0. The number of fused-ring (bicyclic) bond motifs is 2. The molecule has 5 aromatic heterocycles. The van der Waals surface area contributed by atoms with Gasteiger partial charge in [-0.1, -0.05) is 52.4 Å². The smallest absolute Gasteiger partial charge is 0.196 e. The molecule has 5 aromatic rings. The third kappa shape index (κ3) is 8.55. The molecule has 0 radical (unpaired) electrons. The molecular weight excluding hydrogens is 949 g/mol. The second kappa shape index (κ2) is 19.9. The summed E-state index contributed by atoms with van der Waals surface area (Å²) in [6.45, 7) is 4.22. The topological polar surface area (TPSA) is 190 Å². The average Bonchev–Trinajstić information content (AvgIpc) is 4.19. The average molecular weight is 981 g/mol. The lowest BCUT2D eigenvalue weighted by atomic mass is 9.99. The maximum Gasteiger partial charge on any atom is 0.304 e. The normalized spacial score (nSPS) is 13.8. The third-order valence-corrected chi connectivity index (χ3v) is 17.9. The van der Waals surface area contributed by atoms with Gasteiger partial charge in [-0.05, 0) is 73.2 Å². The fourth-order valence-corrected chi connectivity index (χ4v) is 14.6. The van der Waals surface area contributed by atoms with Gasteiger partial charge in [-0.2, -0.15) is 59.7 Å². The Morgan fingerprint density at radius 2 is 0.731 bits per heavy atom. The Balaban J connectivity index is 1.33. The minimum absolute atomic E-state index is 0.0318. The van der Waals surface area contributed by atoms with Crippen LogP contribution < -0.4 is 0 Å². The van der Waals surface area contributed by atoms with Gasteiger partial charge in [0.1, 0.15) is 70.8 Å². The minimum Gasteiger partial charge on any atom is -0.196 e. The lowest BCUT2D eigenvalue weighted by molar-refractivity contribution is 0.138. The van der Waals surface area contributed by atoms with Crippen molar-refractivity contribution < 1.29 is 17.6 Å². The summed E-state index contributed by atoms with van der Waals surface area (Å²) in [6, 6.07) is 23.8. The lowest BCUT2D eigenvalue weighted by Crippen LogP contribution is -2.16. The number of nitriles is 8. The zero-order chi connectivity index (χ0) is 48.2. The monoisotopic (exact) mass is 980 g/mol. The fourth-order valence-electron chi connectivity index (χ4n) is 8.27. The number of hydrogen-bond acceptors (Lipinski definition) is 13. The SMILES string of the molecule is CCCCCCc1cc(-c2ccc(-c3cc(CCCCCC)c(-c4cc5c(s4)C(=C(C#N)C#N)C(F)(F)C5=C(C#N)C#N)s3)s2)sc1-c1cc2c(s1)C(=C(C#N)C#N)C(F)(F)C2=C(C#N)C#N. The second-order valence-corrected chi connectivity index (χ2v) is 20.8. The molecule has 2 aliphatic rings. The van der Waals surface area contributed by atoms with E-state index in [9.17, 15) is 42.1 Å². The molecule has 0 atom stereocenters. The van der Waals surface area contributed by atoms with Crippen LogP contribution in [0.1, 0.15) is 97.2 Å². The van der Waals surface area contributed by atoms with Crippen LogP contribution in [0.3, 0.4) is 0 Å². The van der Waals surface area contributed by atoms with Crippen LogP contribution in [0.2, 0.25) is 0 Å². The van der Waals surface area contributed by atoms with Crippen LogP contribution in [0, 0.1) is 90.6 Å². The van der Waals surface area contributed by atoms with Crippen molar-refractivity contribution in [3.05, 3.63) is 90.7 Å². The highest BCUT2D eigenvalue weighted by Crippen LogP contribution is 2.61. The molecule has 17 heteroatoms. The van der Waals surface area contributed by atoms with Gasteiger partial charge in [0, 0.05) is 59.9 Å². The minimum atomic E-state index is -3.91. The molecule has 0 saturated heterocycles. The molecule has 0 aromatic carbocycles. The maximum absolute atomic E-state index is 16.0. The molecule has 0 unspecified atom stereocenters. The van der Waals surface area contributed by atoms with Crippen molar-refractivity contribution in [2.45, 2.75) is 89.9 Å². The van der Waals surface area contributed by atoms with Crippen molar-refractivity contribution >= 4 is 79.0 Å². The Labute approximate surface area is 404 Å². The van der Waals surface area contributed by atoms with Crippen LogP contribution in [0.5, 0.6) is 0 Å². The van der Waals surface area contributed by atoms with Crippen molar-refractivity contribution in [1.29, 1.82) is 42.1 Å². The molecule has 0 N–H and O–H groups in total. The van der Waals surface area contributed by atoms with Crippen LogP contribution in [0.25, 0.3) is 61.3 Å². The van der Waals surface area contributed by atoms with Crippen molar-refractivity contribution in [1.82, 2.24) is 0 Å². The van der Waals surface area contributed by atoms with Gasteiger partial charge >= 0.3 is 11.8 Å². The van der Waals surface area contributed by atoms with Gasteiger partial charge in [-0.3, -0.25) is 0 Å². The van der Waals surface area contributed by atoms with Crippen LogP contribution in [-0.4, -0.2) is 11.8 Å². The van der Waals surface area contributed by atoms with Gasteiger partial charge in [0.2, 0.25) is 0 Å². The number of unbranched alkanes of at least 4 members (excludes halogenated alkanes) is 6. The summed E-state index contributed by atoms with van der Waals surface area (Å²) in [4.78, 5) is 6.42. The van der Waals surface area contributed by atoms with E-state index >= 15 is 17.6 Å². The van der Waals surface area contributed by atoms with E-state index in [-0.39, 0.29) is 20.9 Å². The van der Waals surface area contributed by atoms with Crippen LogP contribution in [0.15, 0.2) is 58.7 Å². The van der Waals surface area contributed by atoms with Gasteiger partial charge < -0.3 is 0 Å². The number of rotatable bonds is 14. The van der Waals surface area contributed by atoms with E-state index in [1.807, 2.05) is 12.1 Å². The molecule has 8 nitrogen and oxygen atoms in total. The summed E-state index contributed by atoms with van der Waals surface area (Å²) >= 11 is 6.46. The summed E-state index contributed by atoms with van der Waals surface area (Å²) < 4.78 is 64.0. The predicted molar refractivity (Wildman–Crippen MR) is 256 cm³/mol. The number of allylic oxidation sites excluding steroid dienone is 8. The van der Waals surface area contributed by atoms with Crippen LogP contribution in [-0.2, 0) is 12.8 Å². The van der Waals surface area contributed by atoms with E-state index in [1.165, 1.54) is 46.1 Å². The number of aryl methyl sites for hydroxylation is 2. The highest BCUT2D eigenvalue weighted by Gasteiger charge is 2.54. The molecule has 7 rings (SSSR count). The van der Waals surface area contributed by atoms with Gasteiger partial charge in [0.15, 0.2) is 0 Å². The second-order valence-electron chi connectivity index (χ2n) is 15.5. The summed E-state index contributed by atoms with van der Waals surface area (Å²) in [5, 5.41) is 77.6. The highest BCUT2D eigenvalue weighted by molar-refractivity contribution is 7.30. The molecule has 67 heavy (non-hydrogen) atoms. The zero-order valence-electron chi connectivity index (χ0n) is 35.7. The van der Waals surface area contributed by atoms with E-state index < -0.39 is 56.4 Å². The molecule has 0 bridgehead atoms. The molecule has 330 valence electrons. The largest absolute Gasteiger partial charge is 0.304 e. The zero-order valence-corrected chi connectivity index (χ0v) is 39.7. The first-order valence-electron chi connectivity index (χ1n) is 20.9. The van der Waals surface area contributed by atoms with E-state index in [0.717, 1.165) is 114 Å². The number of halogens is 4. The first-order valence-corrected chi connectivity index (χ1v) is 25.0. The van der Waals surface area contributed by atoms with Gasteiger partial charge in [-0.15, -0.1) is 56.7 Å². The van der Waals surface area contributed by atoms with Crippen LogP contribution in [0.4, 0.5) is 17.6 Å². The Morgan fingerprint density at radius 1 is 0.403 bits per heavy atom. The summed E-state index contributed by atoms with van der Waals surface area (Å²) in [5.74, 6) is -7.83. The van der Waals surface area contributed by atoms with E-state index in [4.69, 9.17) is 0 Å². The molecule has 0 amide bonds. The summed E-state index contributed by atoms with van der Waals surface area (Å²) in [6.07, 6.45) is 9.16. The number of alkyl halides is 4. The molecule has 0 spiro atoms.